The normalized spacial score (nSPS) is 28.8. The molecule has 1 aliphatic rings. The average Bonchev–Trinajstić information content (AvgIpc) is 2.58. The zero-order valence-electron chi connectivity index (χ0n) is 8.89. The van der Waals surface area contributed by atoms with Gasteiger partial charge in [0.25, 0.3) is 0 Å². The van der Waals surface area contributed by atoms with E-state index in [0.717, 1.165) is 23.2 Å². The van der Waals surface area contributed by atoms with Gasteiger partial charge in [0.05, 0.1) is 6.26 Å². The molecule has 0 radical (unpaired) electrons. The van der Waals surface area contributed by atoms with Crippen LogP contribution in [0.25, 0.3) is 0 Å². The number of alkyl halides is 1. The van der Waals surface area contributed by atoms with Gasteiger partial charge in [-0.3, -0.25) is 0 Å². The fourth-order valence-electron chi connectivity index (χ4n) is 1.90. The first-order valence-corrected chi connectivity index (χ1v) is 6.33. The number of furan rings is 1. The summed E-state index contributed by atoms with van der Waals surface area (Å²) in [7, 11) is 0. The zero-order chi connectivity index (χ0) is 11.1. The Morgan fingerprint density at radius 3 is 2.87 bits per heavy atom. The van der Waals surface area contributed by atoms with Gasteiger partial charge in [0.15, 0.2) is 4.67 Å². The van der Waals surface area contributed by atoms with Crippen LogP contribution in [-0.4, -0.2) is 11.4 Å². The second-order valence-corrected chi connectivity index (χ2v) is 6.03. The van der Waals surface area contributed by atoms with Crippen molar-refractivity contribution in [2.45, 2.75) is 38.2 Å². The Labute approximate surface area is 103 Å². The van der Waals surface area contributed by atoms with Crippen molar-refractivity contribution in [3.05, 3.63) is 22.6 Å². The average molecular weight is 293 g/mol. The second kappa shape index (κ2) is 4.11. The third kappa shape index (κ3) is 2.24. The molecule has 1 saturated carbocycles. The van der Waals surface area contributed by atoms with Crippen LogP contribution in [-0.2, 0) is 6.54 Å². The van der Waals surface area contributed by atoms with Crippen LogP contribution in [0, 0.1) is 5.41 Å². The molecule has 0 aliphatic heterocycles. The van der Waals surface area contributed by atoms with Crippen LogP contribution in [0.15, 0.2) is 21.4 Å². The number of halogens is 2. The van der Waals surface area contributed by atoms with E-state index in [1.807, 2.05) is 6.07 Å². The molecule has 0 amide bonds. The maximum absolute atomic E-state index is 6.16. The second-order valence-electron chi connectivity index (χ2n) is 4.72. The van der Waals surface area contributed by atoms with E-state index in [0.29, 0.717) is 11.4 Å². The highest BCUT2D eigenvalue weighted by Gasteiger charge is 2.46. The molecule has 1 N–H and O–H groups in total. The summed E-state index contributed by atoms with van der Waals surface area (Å²) in [6.45, 7) is 5.25. The summed E-state index contributed by atoms with van der Waals surface area (Å²) < 4.78 is 5.95. The molecule has 1 fully saturated rings. The van der Waals surface area contributed by atoms with Crippen LogP contribution >= 0.6 is 27.5 Å². The Hall–Kier alpha value is 0.01000. The van der Waals surface area contributed by atoms with Gasteiger partial charge in [-0.25, -0.2) is 0 Å². The van der Waals surface area contributed by atoms with Crippen molar-refractivity contribution >= 4 is 27.5 Å². The van der Waals surface area contributed by atoms with Crippen molar-refractivity contribution in [1.82, 2.24) is 5.32 Å². The van der Waals surface area contributed by atoms with Gasteiger partial charge in [-0.05, 0) is 33.8 Å². The zero-order valence-corrected chi connectivity index (χ0v) is 11.2. The van der Waals surface area contributed by atoms with Crippen LogP contribution in [0.3, 0.4) is 0 Å². The summed E-state index contributed by atoms with van der Waals surface area (Å²) in [6, 6.07) is 2.49. The molecule has 84 valence electrons. The summed E-state index contributed by atoms with van der Waals surface area (Å²) in [4.78, 5) is 0. The summed E-state index contributed by atoms with van der Waals surface area (Å²) in [6.07, 6.45) is 2.81. The van der Waals surface area contributed by atoms with Gasteiger partial charge in [-0.2, -0.15) is 0 Å². The number of hydrogen-bond donors (Lipinski definition) is 1. The summed E-state index contributed by atoms with van der Waals surface area (Å²) >= 11 is 9.44. The van der Waals surface area contributed by atoms with Gasteiger partial charge in [0.1, 0.15) is 0 Å². The molecule has 2 unspecified atom stereocenters. The summed E-state index contributed by atoms with van der Waals surface area (Å²) in [5.41, 5.74) is 1.36. The van der Waals surface area contributed by atoms with Crippen molar-refractivity contribution in [1.29, 1.82) is 0 Å². The Morgan fingerprint density at radius 2 is 2.40 bits per heavy atom. The topological polar surface area (TPSA) is 25.2 Å². The first-order chi connectivity index (χ1) is 7.00. The summed E-state index contributed by atoms with van der Waals surface area (Å²) in [5.74, 6) is 0. The molecule has 1 heterocycles. The van der Waals surface area contributed by atoms with Gasteiger partial charge < -0.3 is 9.73 Å². The third-order valence-corrected chi connectivity index (χ3v) is 4.48. The quantitative estimate of drug-likeness (QED) is 0.862. The van der Waals surface area contributed by atoms with Crippen molar-refractivity contribution in [3.63, 3.8) is 0 Å². The molecule has 4 heteroatoms. The lowest BCUT2D eigenvalue weighted by Crippen LogP contribution is -2.57. The van der Waals surface area contributed by atoms with Crippen LogP contribution < -0.4 is 5.32 Å². The van der Waals surface area contributed by atoms with Crippen molar-refractivity contribution in [2.24, 2.45) is 5.41 Å². The molecule has 1 aliphatic carbocycles. The van der Waals surface area contributed by atoms with Crippen LogP contribution in [0.5, 0.6) is 0 Å². The molecular weight excluding hydrogens is 277 g/mol. The minimum atomic E-state index is 0.197. The predicted molar refractivity (Wildman–Crippen MR) is 65.1 cm³/mol. The predicted octanol–water partition coefficient (Wildman–Crippen LogP) is 3.54. The molecule has 0 aromatic carbocycles. The monoisotopic (exact) mass is 291 g/mol. The lowest BCUT2D eigenvalue weighted by atomic mass is 9.67. The lowest BCUT2D eigenvalue weighted by Gasteiger charge is -2.49. The molecule has 0 spiro atoms. The first-order valence-electron chi connectivity index (χ1n) is 5.10. The minimum absolute atomic E-state index is 0.197. The summed E-state index contributed by atoms with van der Waals surface area (Å²) in [5, 5.41) is 3.80. The highest BCUT2D eigenvalue weighted by atomic mass is 79.9. The molecular formula is C11H15BrClNO. The lowest BCUT2D eigenvalue weighted by molar-refractivity contribution is 0.115. The smallest absolute Gasteiger partial charge is 0.169 e. The number of nitrogens with one attached hydrogen (secondary N) is 1. The van der Waals surface area contributed by atoms with Gasteiger partial charge >= 0.3 is 0 Å². The fourth-order valence-corrected chi connectivity index (χ4v) is 2.62. The first kappa shape index (κ1) is 11.5. The maximum Gasteiger partial charge on any atom is 0.169 e. The third-order valence-electron chi connectivity index (χ3n) is 3.32. The van der Waals surface area contributed by atoms with Crippen molar-refractivity contribution in [3.8, 4) is 0 Å². The fraction of sp³-hybridized carbons (Fsp3) is 0.636. The van der Waals surface area contributed by atoms with E-state index in [1.54, 1.807) is 6.26 Å². The molecule has 15 heavy (non-hydrogen) atoms. The van der Waals surface area contributed by atoms with E-state index in [1.165, 1.54) is 0 Å². The van der Waals surface area contributed by atoms with E-state index in [4.69, 9.17) is 16.0 Å². The Morgan fingerprint density at radius 1 is 1.67 bits per heavy atom. The molecule has 2 atom stereocenters. The minimum Gasteiger partial charge on any atom is -0.457 e. The highest BCUT2D eigenvalue weighted by molar-refractivity contribution is 9.10. The van der Waals surface area contributed by atoms with E-state index in [-0.39, 0.29) is 5.41 Å². The number of rotatable bonds is 3. The van der Waals surface area contributed by atoms with E-state index in [9.17, 15) is 0 Å². The van der Waals surface area contributed by atoms with Gasteiger partial charge in [0.2, 0.25) is 0 Å². The molecule has 1 aromatic rings. The number of hydrogen-bond acceptors (Lipinski definition) is 2. The van der Waals surface area contributed by atoms with Gasteiger partial charge in [-0.15, -0.1) is 11.6 Å². The molecule has 1 aromatic heterocycles. The Kier molecular flexibility index (Phi) is 3.15. The van der Waals surface area contributed by atoms with Crippen molar-refractivity contribution < 1.29 is 4.42 Å². The van der Waals surface area contributed by atoms with Crippen molar-refractivity contribution in [2.75, 3.05) is 0 Å². The molecule has 0 bridgehead atoms. The largest absolute Gasteiger partial charge is 0.457 e. The highest BCUT2D eigenvalue weighted by Crippen LogP contribution is 2.44. The Bertz CT molecular complexity index is 350. The van der Waals surface area contributed by atoms with Gasteiger partial charge in [-0.1, -0.05) is 13.8 Å². The van der Waals surface area contributed by atoms with Crippen LogP contribution in [0.1, 0.15) is 25.8 Å². The van der Waals surface area contributed by atoms with E-state index < -0.39 is 0 Å². The molecule has 0 saturated heterocycles. The standard InChI is InChI=1S/C11H15BrClNO/c1-11(2)8(13)4-9(11)14-5-7-3-10(12)15-6-7/h3,6,8-9,14H,4-5H2,1-2H3. The molecule has 2 rings (SSSR count). The van der Waals surface area contributed by atoms with Crippen LogP contribution in [0.4, 0.5) is 0 Å². The van der Waals surface area contributed by atoms with Gasteiger partial charge in [0, 0.05) is 23.5 Å². The molecule has 2 nitrogen and oxygen atoms in total. The van der Waals surface area contributed by atoms with E-state index >= 15 is 0 Å². The maximum atomic E-state index is 6.16. The van der Waals surface area contributed by atoms with E-state index in [2.05, 4.69) is 35.1 Å². The van der Waals surface area contributed by atoms with Crippen LogP contribution in [0.2, 0.25) is 0 Å². The Balaban J connectivity index is 1.85. The SMILES string of the molecule is CC1(C)C(Cl)CC1NCc1coc(Br)c1.